The smallest absolute Gasteiger partial charge is 0.0206 e. The lowest BCUT2D eigenvalue weighted by molar-refractivity contribution is -0.122. The van der Waals surface area contributed by atoms with Gasteiger partial charge in [-0.15, -0.1) is 0 Å². The third-order valence-corrected chi connectivity index (χ3v) is 17.0. The Labute approximate surface area is 336 Å². The predicted octanol–water partition coefficient (Wildman–Crippen LogP) is 14.9. The summed E-state index contributed by atoms with van der Waals surface area (Å²) in [5.74, 6) is 6.27. The van der Waals surface area contributed by atoms with Crippen molar-refractivity contribution < 1.29 is 0 Å². The molecule has 0 nitrogen and oxygen atoms in total. The summed E-state index contributed by atoms with van der Waals surface area (Å²) in [6.45, 7) is 17.4. The van der Waals surface area contributed by atoms with Crippen LogP contribution in [0.25, 0.3) is 0 Å². The summed E-state index contributed by atoms with van der Waals surface area (Å²) in [6.07, 6.45) is 19.1. The van der Waals surface area contributed by atoms with Gasteiger partial charge in [0.05, 0.1) is 0 Å². The van der Waals surface area contributed by atoms with E-state index < -0.39 is 0 Å². The fourth-order valence-electron chi connectivity index (χ4n) is 13.7. The van der Waals surface area contributed by atoms with Crippen LogP contribution in [0.5, 0.6) is 0 Å². The molecule has 0 bridgehead atoms. The first-order valence-corrected chi connectivity index (χ1v) is 22.8. The molecule has 8 unspecified atom stereocenters. The lowest BCUT2D eigenvalue weighted by Gasteiger charge is -2.63. The Balaban J connectivity index is 1.05. The highest BCUT2D eigenvalue weighted by atomic mass is 14.7. The van der Waals surface area contributed by atoms with Crippen LogP contribution in [-0.2, 0) is 18.3 Å². The van der Waals surface area contributed by atoms with Crippen molar-refractivity contribution in [2.75, 3.05) is 0 Å². The van der Waals surface area contributed by atoms with Crippen LogP contribution in [0, 0.1) is 66.1 Å². The molecule has 0 aromatic heterocycles. The van der Waals surface area contributed by atoms with Crippen molar-refractivity contribution in [2.45, 2.75) is 144 Å². The van der Waals surface area contributed by atoms with E-state index in [4.69, 9.17) is 0 Å². The van der Waals surface area contributed by atoms with Gasteiger partial charge in [-0.3, -0.25) is 0 Å². The number of fused-ring (bicyclic) bond motifs is 5. The summed E-state index contributed by atoms with van der Waals surface area (Å²) in [7, 11) is 0. The molecule has 4 fully saturated rings. The maximum absolute atomic E-state index is 2.79. The summed E-state index contributed by atoms with van der Waals surface area (Å²) in [5.41, 5.74) is 12.5. The van der Waals surface area contributed by atoms with Crippen LogP contribution < -0.4 is 0 Å². The quantitative estimate of drug-likeness (QED) is 0.144. The lowest BCUT2D eigenvalue weighted by atomic mass is 9.42. The van der Waals surface area contributed by atoms with Crippen molar-refractivity contribution >= 4 is 0 Å². The molecule has 4 aliphatic rings. The molecule has 0 spiro atoms. The summed E-state index contributed by atoms with van der Waals surface area (Å²) in [5, 5.41) is 0. The number of rotatable bonds is 11. The Kier molecular flexibility index (Phi) is 11.0. The van der Waals surface area contributed by atoms with E-state index in [2.05, 4.69) is 146 Å². The maximum Gasteiger partial charge on any atom is 0.0206 e. The summed E-state index contributed by atoms with van der Waals surface area (Å²) in [4.78, 5) is 0. The molecule has 0 heteroatoms. The average Bonchev–Trinajstić information content (AvgIpc) is 3.54. The first-order chi connectivity index (χ1) is 26.5. The van der Waals surface area contributed by atoms with E-state index in [1.54, 1.807) is 11.1 Å². The minimum absolute atomic E-state index is 0.0782. The fraction of sp³-hybridized carbons (Fsp3) is 0.564. The molecule has 0 N–H and O–H groups in total. The second-order valence-electron chi connectivity index (χ2n) is 20.7. The van der Waals surface area contributed by atoms with Crippen LogP contribution in [0.4, 0.5) is 0 Å². The topological polar surface area (TPSA) is 0 Å². The van der Waals surface area contributed by atoms with Crippen molar-refractivity contribution in [1.82, 2.24) is 0 Å². The zero-order valence-electron chi connectivity index (χ0n) is 35.7. The van der Waals surface area contributed by atoms with Gasteiger partial charge in [0.15, 0.2) is 0 Å². The van der Waals surface area contributed by atoms with Crippen LogP contribution >= 0.6 is 0 Å². The van der Waals surface area contributed by atoms with Crippen molar-refractivity contribution in [3.63, 3.8) is 0 Å². The minimum atomic E-state index is 0.0782. The molecule has 292 valence electrons. The van der Waals surface area contributed by atoms with Gasteiger partial charge in [-0.05, 0) is 170 Å². The zero-order valence-corrected chi connectivity index (χ0v) is 35.7. The third kappa shape index (κ3) is 7.55. The molecular weight excluding hydrogens is 661 g/mol. The molecular formula is C55H72. The maximum atomic E-state index is 2.79. The average molecular weight is 733 g/mol. The highest BCUT2D eigenvalue weighted by Gasteiger charge is 2.62. The monoisotopic (exact) mass is 733 g/mol. The molecule has 0 amide bonds. The molecule has 4 saturated carbocycles. The number of benzene rings is 4. The molecule has 0 radical (unpaired) electrons. The SMILES string of the molecule is Cc1ccc(Cc2ccc(C3(c4ccc(Cc5ccc(C)cc5)cc4)CCC4(C)C(CCC5C4CCC4(C)C(C(C)CCCC(C)C)CCC54)C3)cc2)cc1. The van der Waals surface area contributed by atoms with Gasteiger partial charge in [0, 0.05) is 5.41 Å². The van der Waals surface area contributed by atoms with Crippen molar-refractivity contribution in [3.05, 3.63) is 142 Å². The first-order valence-electron chi connectivity index (χ1n) is 22.8. The van der Waals surface area contributed by atoms with Crippen LogP contribution in [0.2, 0.25) is 0 Å². The van der Waals surface area contributed by atoms with Crippen molar-refractivity contribution in [2.24, 2.45) is 52.3 Å². The van der Waals surface area contributed by atoms with E-state index in [0.29, 0.717) is 10.8 Å². The number of hydrogen-bond acceptors (Lipinski definition) is 0. The predicted molar refractivity (Wildman–Crippen MR) is 235 cm³/mol. The van der Waals surface area contributed by atoms with Crippen molar-refractivity contribution in [3.8, 4) is 0 Å². The van der Waals surface area contributed by atoms with Crippen LogP contribution in [0.15, 0.2) is 97.1 Å². The Morgan fingerprint density at radius 1 is 0.527 bits per heavy atom. The summed E-state index contributed by atoms with van der Waals surface area (Å²) < 4.78 is 0. The standard InChI is InChI=1S/C55H72/c1-38(2)9-8-10-41(5)50-29-30-51-49-28-27-48-37-55(34-33-53(48,6)52(49)31-32-54(50,51)7,46-23-19-44(20-24-46)35-42-15-11-39(3)12-16-42)47-25-21-45(22-26-47)36-43-17-13-40(4)14-18-43/h11-26,38,41,48-52H,8-10,27-37H2,1-7H3. The fourth-order valence-corrected chi connectivity index (χ4v) is 13.7. The second-order valence-corrected chi connectivity index (χ2v) is 20.7. The van der Waals surface area contributed by atoms with Gasteiger partial charge in [0.1, 0.15) is 0 Å². The highest BCUT2D eigenvalue weighted by molar-refractivity contribution is 5.44. The summed E-state index contributed by atoms with van der Waals surface area (Å²) in [6, 6.07) is 38.2. The molecule has 8 atom stereocenters. The van der Waals surface area contributed by atoms with Crippen LogP contribution in [0.1, 0.15) is 156 Å². The summed E-state index contributed by atoms with van der Waals surface area (Å²) >= 11 is 0. The van der Waals surface area contributed by atoms with E-state index in [-0.39, 0.29) is 5.41 Å². The van der Waals surface area contributed by atoms with E-state index in [9.17, 15) is 0 Å². The lowest BCUT2D eigenvalue weighted by Crippen LogP contribution is -2.55. The second kappa shape index (κ2) is 15.7. The van der Waals surface area contributed by atoms with Gasteiger partial charge in [-0.1, -0.05) is 162 Å². The van der Waals surface area contributed by atoms with E-state index in [1.165, 1.54) is 110 Å². The molecule has 4 aromatic rings. The Morgan fingerprint density at radius 3 is 1.56 bits per heavy atom. The molecule has 0 saturated heterocycles. The van der Waals surface area contributed by atoms with E-state index in [1.807, 2.05) is 0 Å². The van der Waals surface area contributed by atoms with Gasteiger partial charge in [-0.2, -0.15) is 0 Å². The normalized spacial score (nSPS) is 30.4. The van der Waals surface area contributed by atoms with Gasteiger partial charge < -0.3 is 0 Å². The van der Waals surface area contributed by atoms with E-state index in [0.717, 1.165) is 54.3 Å². The molecule has 0 heterocycles. The van der Waals surface area contributed by atoms with Gasteiger partial charge >= 0.3 is 0 Å². The Hall–Kier alpha value is -3.12. The molecule has 0 aliphatic heterocycles. The van der Waals surface area contributed by atoms with E-state index >= 15 is 0 Å². The molecule has 8 rings (SSSR count). The Bertz CT molecular complexity index is 1770. The van der Waals surface area contributed by atoms with Crippen LogP contribution in [-0.4, -0.2) is 0 Å². The van der Waals surface area contributed by atoms with Crippen molar-refractivity contribution in [1.29, 1.82) is 0 Å². The first kappa shape index (κ1) is 38.7. The minimum Gasteiger partial charge on any atom is -0.0628 e. The Morgan fingerprint density at radius 2 is 1.04 bits per heavy atom. The number of hydrogen-bond donors (Lipinski definition) is 0. The number of aryl methyl sites for hydroxylation is 2. The zero-order chi connectivity index (χ0) is 38.4. The van der Waals surface area contributed by atoms with Gasteiger partial charge in [0.25, 0.3) is 0 Å². The van der Waals surface area contributed by atoms with Crippen LogP contribution in [0.3, 0.4) is 0 Å². The third-order valence-electron chi connectivity index (χ3n) is 17.0. The highest BCUT2D eigenvalue weighted by Crippen LogP contribution is 2.70. The molecule has 4 aromatic carbocycles. The molecule has 4 aliphatic carbocycles. The van der Waals surface area contributed by atoms with Gasteiger partial charge in [-0.25, -0.2) is 0 Å². The van der Waals surface area contributed by atoms with Gasteiger partial charge in [0.2, 0.25) is 0 Å². The molecule has 55 heavy (non-hydrogen) atoms. The largest absolute Gasteiger partial charge is 0.0628 e.